The number of esters is 1. The van der Waals surface area contributed by atoms with Gasteiger partial charge in [0.15, 0.2) is 6.61 Å². The van der Waals surface area contributed by atoms with Crippen LogP contribution in [0, 0.1) is 0 Å². The molecule has 170 valence electrons. The molecule has 0 aliphatic heterocycles. The van der Waals surface area contributed by atoms with E-state index in [0.717, 1.165) is 23.3 Å². The highest BCUT2D eigenvalue weighted by molar-refractivity contribution is 5.94. The lowest BCUT2D eigenvalue weighted by molar-refractivity contribution is -0.151. The fraction of sp³-hybridized carbons (Fsp3) is 0.320. The topological polar surface area (TPSA) is 93.7 Å². The molecule has 0 fully saturated rings. The molecule has 2 atom stereocenters. The molecule has 0 spiro atoms. The maximum atomic E-state index is 12.1. The summed E-state index contributed by atoms with van der Waals surface area (Å²) in [6, 6.07) is 14.0. The van der Waals surface area contributed by atoms with E-state index in [4.69, 9.17) is 9.47 Å². The Hall–Kier alpha value is -3.61. The predicted molar refractivity (Wildman–Crippen MR) is 123 cm³/mol. The van der Waals surface area contributed by atoms with Gasteiger partial charge in [-0.05, 0) is 55.2 Å². The molecule has 0 saturated heterocycles. The summed E-state index contributed by atoms with van der Waals surface area (Å²) in [6.07, 6.45) is 3.89. The van der Waals surface area contributed by atoms with Crippen LogP contribution in [0.15, 0.2) is 54.6 Å². The Morgan fingerprint density at radius 1 is 0.969 bits per heavy atom. The van der Waals surface area contributed by atoms with Crippen LogP contribution in [0.3, 0.4) is 0 Å². The minimum absolute atomic E-state index is 0.215. The Balaban J connectivity index is 1.75. The number of hydrogen-bond acceptors (Lipinski definition) is 5. The molecular weight excluding hydrogens is 408 g/mol. The molecule has 2 amide bonds. The first kappa shape index (κ1) is 24.7. The molecule has 0 radical (unpaired) electrons. The van der Waals surface area contributed by atoms with Crippen molar-refractivity contribution in [3.63, 3.8) is 0 Å². The summed E-state index contributed by atoms with van der Waals surface area (Å²) < 4.78 is 10.1. The van der Waals surface area contributed by atoms with Crippen molar-refractivity contribution in [3.8, 4) is 5.75 Å². The van der Waals surface area contributed by atoms with Crippen molar-refractivity contribution in [1.29, 1.82) is 0 Å². The second kappa shape index (κ2) is 12.3. The Morgan fingerprint density at radius 3 is 2.22 bits per heavy atom. The largest absolute Gasteiger partial charge is 0.497 e. The van der Waals surface area contributed by atoms with Crippen LogP contribution in [0.1, 0.15) is 43.5 Å². The van der Waals surface area contributed by atoms with Gasteiger partial charge in [0.05, 0.1) is 13.2 Å². The summed E-state index contributed by atoms with van der Waals surface area (Å²) in [5, 5.41) is 5.31. The van der Waals surface area contributed by atoms with Crippen molar-refractivity contribution in [1.82, 2.24) is 10.6 Å². The number of carbonyl (C=O) groups is 3. The van der Waals surface area contributed by atoms with Gasteiger partial charge >= 0.3 is 5.97 Å². The smallest absolute Gasteiger partial charge is 0.328 e. The molecule has 0 aromatic heterocycles. The van der Waals surface area contributed by atoms with E-state index in [-0.39, 0.29) is 6.04 Å². The highest BCUT2D eigenvalue weighted by atomic mass is 16.5. The normalized spacial score (nSPS) is 12.6. The number of hydrogen-bond donors (Lipinski definition) is 2. The molecule has 0 bridgehead atoms. The summed E-state index contributed by atoms with van der Waals surface area (Å²) in [7, 11) is 1.58. The third kappa shape index (κ3) is 7.91. The first-order valence-corrected chi connectivity index (χ1v) is 10.5. The Bertz CT molecular complexity index is 936. The standard InChI is InChI=1S/C25H30N2O5/c1-5-19-6-11-21(12-7-19)17(2)26-24(29)16-32-25(30)18(3)27-23(28)15-10-20-8-13-22(31-4)14-9-20/h6-15,17-18H,5,16H2,1-4H3,(H,26,29)(H,27,28). The minimum Gasteiger partial charge on any atom is -0.497 e. The van der Waals surface area contributed by atoms with Crippen molar-refractivity contribution in [2.45, 2.75) is 39.3 Å². The van der Waals surface area contributed by atoms with Crippen LogP contribution in [0.2, 0.25) is 0 Å². The zero-order valence-corrected chi connectivity index (χ0v) is 18.9. The van der Waals surface area contributed by atoms with Gasteiger partial charge < -0.3 is 20.1 Å². The minimum atomic E-state index is -0.894. The van der Waals surface area contributed by atoms with Crippen molar-refractivity contribution >= 4 is 23.9 Å². The van der Waals surface area contributed by atoms with Gasteiger partial charge in [0.25, 0.3) is 5.91 Å². The van der Waals surface area contributed by atoms with Crippen molar-refractivity contribution in [3.05, 3.63) is 71.3 Å². The zero-order chi connectivity index (χ0) is 23.5. The first-order valence-electron chi connectivity index (χ1n) is 10.5. The van der Waals surface area contributed by atoms with E-state index in [1.54, 1.807) is 37.5 Å². The molecule has 2 N–H and O–H groups in total. The SMILES string of the molecule is CCc1ccc(C(C)NC(=O)COC(=O)C(C)NC(=O)C=Cc2ccc(OC)cc2)cc1. The Kier molecular flexibility index (Phi) is 9.47. The lowest BCUT2D eigenvalue weighted by atomic mass is 10.1. The highest BCUT2D eigenvalue weighted by Crippen LogP contribution is 2.14. The van der Waals surface area contributed by atoms with Crippen LogP contribution in [-0.2, 0) is 25.5 Å². The third-order valence-electron chi connectivity index (χ3n) is 4.87. The second-order valence-corrected chi connectivity index (χ2v) is 7.33. The molecular formula is C25H30N2O5. The van der Waals surface area contributed by atoms with Crippen LogP contribution >= 0.6 is 0 Å². The summed E-state index contributed by atoms with van der Waals surface area (Å²) in [4.78, 5) is 36.2. The zero-order valence-electron chi connectivity index (χ0n) is 18.9. The van der Waals surface area contributed by atoms with Crippen molar-refractivity contribution in [2.24, 2.45) is 0 Å². The van der Waals surface area contributed by atoms with Gasteiger partial charge in [0.2, 0.25) is 5.91 Å². The van der Waals surface area contributed by atoms with E-state index in [2.05, 4.69) is 17.6 Å². The fourth-order valence-electron chi connectivity index (χ4n) is 2.88. The molecule has 2 rings (SSSR count). The van der Waals surface area contributed by atoms with E-state index >= 15 is 0 Å². The maximum Gasteiger partial charge on any atom is 0.328 e. The van der Waals surface area contributed by atoms with Gasteiger partial charge in [-0.25, -0.2) is 4.79 Å². The summed E-state index contributed by atoms with van der Waals surface area (Å²) >= 11 is 0. The van der Waals surface area contributed by atoms with Gasteiger partial charge in [-0.3, -0.25) is 9.59 Å². The number of amides is 2. The monoisotopic (exact) mass is 438 g/mol. The van der Waals surface area contributed by atoms with Gasteiger partial charge in [-0.15, -0.1) is 0 Å². The van der Waals surface area contributed by atoms with Crippen LogP contribution in [0.25, 0.3) is 6.08 Å². The number of methoxy groups -OCH3 is 1. The summed E-state index contributed by atoms with van der Waals surface area (Å²) in [6.45, 7) is 5.02. The fourth-order valence-corrected chi connectivity index (χ4v) is 2.88. The molecule has 2 aromatic rings. The van der Waals surface area contributed by atoms with Crippen LogP contribution in [0.4, 0.5) is 0 Å². The number of benzene rings is 2. The lowest BCUT2D eigenvalue weighted by Gasteiger charge is -2.16. The molecule has 0 aliphatic carbocycles. The lowest BCUT2D eigenvalue weighted by Crippen LogP contribution is -2.40. The van der Waals surface area contributed by atoms with E-state index in [1.807, 2.05) is 31.2 Å². The summed E-state index contributed by atoms with van der Waals surface area (Å²) in [5.41, 5.74) is 2.99. The first-order chi connectivity index (χ1) is 15.3. The molecule has 7 heteroatoms. The van der Waals surface area contributed by atoms with E-state index in [9.17, 15) is 14.4 Å². The van der Waals surface area contributed by atoms with Crippen molar-refractivity contribution < 1.29 is 23.9 Å². The van der Waals surface area contributed by atoms with E-state index < -0.39 is 30.4 Å². The number of nitrogens with one attached hydrogen (secondary N) is 2. The second-order valence-electron chi connectivity index (χ2n) is 7.33. The number of ether oxygens (including phenoxy) is 2. The maximum absolute atomic E-state index is 12.1. The molecule has 0 saturated carbocycles. The van der Waals surface area contributed by atoms with Crippen LogP contribution < -0.4 is 15.4 Å². The van der Waals surface area contributed by atoms with E-state index in [0.29, 0.717) is 0 Å². The average molecular weight is 439 g/mol. The molecule has 2 aromatic carbocycles. The molecule has 0 heterocycles. The molecule has 7 nitrogen and oxygen atoms in total. The molecule has 32 heavy (non-hydrogen) atoms. The quantitative estimate of drug-likeness (QED) is 0.439. The van der Waals surface area contributed by atoms with Crippen LogP contribution in [0.5, 0.6) is 5.75 Å². The number of carbonyl (C=O) groups excluding carboxylic acids is 3. The summed E-state index contributed by atoms with van der Waals surface area (Å²) in [5.74, 6) is -0.829. The third-order valence-corrected chi connectivity index (χ3v) is 4.87. The van der Waals surface area contributed by atoms with Crippen LogP contribution in [-0.4, -0.2) is 37.5 Å². The van der Waals surface area contributed by atoms with Gasteiger partial charge in [-0.2, -0.15) is 0 Å². The molecule has 2 unspecified atom stereocenters. The van der Waals surface area contributed by atoms with E-state index in [1.165, 1.54) is 18.6 Å². The Labute approximate surface area is 188 Å². The molecule has 0 aliphatic rings. The number of rotatable bonds is 10. The van der Waals surface area contributed by atoms with Gasteiger partial charge in [0, 0.05) is 6.08 Å². The van der Waals surface area contributed by atoms with Gasteiger partial charge in [0.1, 0.15) is 11.8 Å². The number of aryl methyl sites for hydroxylation is 1. The predicted octanol–water partition coefficient (Wildman–Crippen LogP) is 3.20. The van der Waals surface area contributed by atoms with Gasteiger partial charge in [-0.1, -0.05) is 43.3 Å². The Morgan fingerprint density at radius 2 is 1.62 bits per heavy atom. The average Bonchev–Trinajstić information content (AvgIpc) is 2.81. The highest BCUT2D eigenvalue weighted by Gasteiger charge is 2.18. The van der Waals surface area contributed by atoms with Crippen molar-refractivity contribution in [2.75, 3.05) is 13.7 Å².